The summed E-state index contributed by atoms with van der Waals surface area (Å²) < 4.78 is 0. The van der Waals surface area contributed by atoms with E-state index in [0.29, 0.717) is 23.7 Å². The molecule has 1 saturated carbocycles. The number of aromatic nitrogens is 1. The normalized spacial score (nSPS) is 28.5. The Kier molecular flexibility index (Phi) is 4.72. The van der Waals surface area contributed by atoms with E-state index in [1.165, 1.54) is 32.1 Å². The highest BCUT2D eigenvalue weighted by molar-refractivity contribution is 5.79. The molecule has 2 atom stereocenters. The number of nitrogens with zero attached hydrogens (tertiary/aromatic N) is 3. The van der Waals surface area contributed by atoms with Crippen molar-refractivity contribution in [1.82, 2.24) is 9.88 Å². The lowest BCUT2D eigenvalue weighted by molar-refractivity contribution is -0.135. The Balaban J connectivity index is 1.34. The molecule has 4 rings (SSSR count). The standard InChI is InChI=1S/C20H29N3O/c24-20(16-8-4-2-1-3-5-9-16)23-14-17-12-22(13-18(17)15-23)19-10-6-7-11-21-19/h6-7,10-11,16-18H,1-5,8-9,12-15H2/t17-,18+. The van der Waals surface area contributed by atoms with Gasteiger partial charge in [0, 0.05) is 50.1 Å². The van der Waals surface area contributed by atoms with Gasteiger partial charge < -0.3 is 9.80 Å². The smallest absolute Gasteiger partial charge is 0.225 e. The maximum absolute atomic E-state index is 12.9. The van der Waals surface area contributed by atoms with E-state index in [2.05, 4.69) is 26.9 Å². The second kappa shape index (κ2) is 7.12. The van der Waals surface area contributed by atoms with Gasteiger partial charge in [-0.2, -0.15) is 0 Å². The number of hydrogen-bond donors (Lipinski definition) is 0. The summed E-state index contributed by atoms with van der Waals surface area (Å²) in [7, 11) is 0. The van der Waals surface area contributed by atoms with Crippen molar-refractivity contribution in [2.75, 3.05) is 31.1 Å². The zero-order valence-corrected chi connectivity index (χ0v) is 14.6. The Bertz CT molecular complexity index is 539. The van der Waals surface area contributed by atoms with E-state index >= 15 is 0 Å². The summed E-state index contributed by atoms with van der Waals surface area (Å²) in [6.07, 6.45) is 10.6. The zero-order valence-electron chi connectivity index (χ0n) is 14.6. The molecule has 1 aliphatic carbocycles. The summed E-state index contributed by atoms with van der Waals surface area (Å²) in [4.78, 5) is 22.0. The Morgan fingerprint density at radius 2 is 1.58 bits per heavy atom. The molecule has 0 spiro atoms. The fourth-order valence-electron chi connectivity index (χ4n) is 4.86. The van der Waals surface area contributed by atoms with Crippen LogP contribution in [0.2, 0.25) is 0 Å². The Morgan fingerprint density at radius 3 is 2.21 bits per heavy atom. The lowest BCUT2D eigenvalue weighted by atomic mass is 9.90. The number of carbonyl (C=O) groups is 1. The van der Waals surface area contributed by atoms with Crippen molar-refractivity contribution in [2.45, 2.75) is 44.9 Å². The minimum atomic E-state index is 0.302. The molecule has 1 amide bonds. The van der Waals surface area contributed by atoms with Crippen LogP contribution in [-0.2, 0) is 4.79 Å². The second-order valence-corrected chi connectivity index (χ2v) is 7.90. The van der Waals surface area contributed by atoms with Crippen LogP contribution in [0.5, 0.6) is 0 Å². The van der Waals surface area contributed by atoms with E-state index in [-0.39, 0.29) is 0 Å². The van der Waals surface area contributed by atoms with Gasteiger partial charge in [-0.05, 0) is 25.0 Å². The topological polar surface area (TPSA) is 36.4 Å². The second-order valence-electron chi connectivity index (χ2n) is 7.90. The highest BCUT2D eigenvalue weighted by Crippen LogP contribution is 2.35. The molecular formula is C20H29N3O. The number of pyridine rings is 1. The summed E-state index contributed by atoms with van der Waals surface area (Å²) in [5, 5.41) is 0. The third kappa shape index (κ3) is 3.28. The van der Waals surface area contributed by atoms with Crippen LogP contribution in [0.3, 0.4) is 0 Å². The summed E-state index contributed by atoms with van der Waals surface area (Å²) >= 11 is 0. The lowest BCUT2D eigenvalue weighted by Crippen LogP contribution is -2.37. The first-order valence-electron chi connectivity index (χ1n) is 9.76. The van der Waals surface area contributed by atoms with Crippen molar-refractivity contribution in [3.8, 4) is 0 Å². The molecule has 0 aromatic carbocycles. The SMILES string of the molecule is O=C(C1CCCCCCC1)N1C[C@@H]2CN(c3ccccn3)C[C@@H]2C1. The van der Waals surface area contributed by atoms with E-state index in [1.54, 1.807) is 0 Å². The largest absolute Gasteiger partial charge is 0.356 e. The average Bonchev–Trinajstić information content (AvgIpc) is 3.14. The van der Waals surface area contributed by atoms with E-state index in [9.17, 15) is 4.79 Å². The summed E-state index contributed by atoms with van der Waals surface area (Å²) in [5.74, 6) is 3.10. The molecular weight excluding hydrogens is 298 g/mol. The predicted molar refractivity (Wildman–Crippen MR) is 95.8 cm³/mol. The van der Waals surface area contributed by atoms with Gasteiger partial charge in [0.2, 0.25) is 5.91 Å². The van der Waals surface area contributed by atoms with Gasteiger partial charge in [0.15, 0.2) is 0 Å². The van der Waals surface area contributed by atoms with Crippen molar-refractivity contribution in [1.29, 1.82) is 0 Å². The van der Waals surface area contributed by atoms with Gasteiger partial charge in [-0.25, -0.2) is 4.98 Å². The van der Waals surface area contributed by atoms with Crippen LogP contribution in [0.1, 0.15) is 44.9 Å². The van der Waals surface area contributed by atoms with Crippen LogP contribution in [0.4, 0.5) is 5.82 Å². The van der Waals surface area contributed by atoms with Crippen LogP contribution < -0.4 is 4.90 Å². The van der Waals surface area contributed by atoms with Gasteiger partial charge in [-0.15, -0.1) is 0 Å². The first kappa shape index (κ1) is 15.9. The molecule has 3 heterocycles. The number of carbonyl (C=O) groups excluding carboxylic acids is 1. The number of hydrogen-bond acceptors (Lipinski definition) is 3. The number of fused-ring (bicyclic) bond motifs is 1. The molecule has 0 bridgehead atoms. The molecule has 2 aliphatic heterocycles. The maximum atomic E-state index is 12.9. The van der Waals surface area contributed by atoms with Gasteiger partial charge in [0.1, 0.15) is 5.82 Å². The summed E-state index contributed by atoms with van der Waals surface area (Å²) in [5.41, 5.74) is 0. The average molecular weight is 327 g/mol. The van der Waals surface area contributed by atoms with Crippen molar-refractivity contribution in [3.05, 3.63) is 24.4 Å². The molecule has 1 aromatic heterocycles. The monoisotopic (exact) mass is 327 g/mol. The number of likely N-dealkylation sites (tertiary alicyclic amines) is 1. The molecule has 24 heavy (non-hydrogen) atoms. The third-order valence-corrected chi connectivity index (χ3v) is 6.23. The molecule has 0 radical (unpaired) electrons. The van der Waals surface area contributed by atoms with Gasteiger partial charge in [-0.1, -0.05) is 38.2 Å². The predicted octanol–water partition coefficient (Wildman–Crippen LogP) is 3.34. The third-order valence-electron chi connectivity index (χ3n) is 6.23. The van der Waals surface area contributed by atoms with Gasteiger partial charge in [-0.3, -0.25) is 4.79 Å². The summed E-state index contributed by atoms with van der Waals surface area (Å²) in [6.45, 7) is 4.03. The highest BCUT2D eigenvalue weighted by Gasteiger charge is 2.42. The molecule has 4 nitrogen and oxygen atoms in total. The van der Waals surface area contributed by atoms with Crippen molar-refractivity contribution >= 4 is 11.7 Å². The maximum Gasteiger partial charge on any atom is 0.225 e. The Hall–Kier alpha value is -1.58. The highest BCUT2D eigenvalue weighted by atomic mass is 16.2. The zero-order chi connectivity index (χ0) is 16.4. The first-order valence-corrected chi connectivity index (χ1v) is 9.76. The van der Waals surface area contributed by atoms with E-state index < -0.39 is 0 Å². The van der Waals surface area contributed by atoms with Crippen molar-refractivity contribution < 1.29 is 4.79 Å². The first-order chi connectivity index (χ1) is 11.8. The summed E-state index contributed by atoms with van der Waals surface area (Å²) in [6, 6.07) is 6.12. The molecule has 4 heteroatoms. The van der Waals surface area contributed by atoms with E-state index in [1.807, 2.05) is 12.3 Å². The molecule has 2 saturated heterocycles. The van der Waals surface area contributed by atoms with Crippen LogP contribution in [0, 0.1) is 17.8 Å². The van der Waals surface area contributed by atoms with E-state index in [0.717, 1.165) is 44.8 Å². The Morgan fingerprint density at radius 1 is 0.917 bits per heavy atom. The number of anilines is 1. The number of amides is 1. The van der Waals surface area contributed by atoms with Gasteiger partial charge in [0.25, 0.3) is 0 Å². The molecule has 3 fully saturated rings. The van der Waals surface area contributed by atoms with Crippen LogP contribution in [0.25, 0.3) is 0 Å². The lowest BCUT2D eigenvalue weighted by Gasteiger charge is -2.27. The molecule has 0 unspecified atom stereocenters. The molecule has 1 aromatic rings. The van der Waals surface area contributed by atoms with Crippen LogP contribution in [0.15, 0.2) is 24.4 Å². The van der Waals surface area contributed by atoms with Crippen LogP contribution >= 0.6 is 0 Å². The fraction of sp³-hybridized carbons (Fsp3) is 0.700. The number of rotatable bonds is 2. The van der Waals surface area contributed by atoms with Crippen molar-refractivity contribution in [2.24, 2.45) is 17.8 Å². The van der Waals surface area contributed by atoms with Gasteiger partial charge in [0.05, 0.1) is 0 Å². The fourth-order valence-corrected chi connectivity index (χ4v) is 4.86. The molecule has 130 valence electrons. The minimum Gasteiger partial charge on any atom is -0.356 e. The Labute approximate surface area is 145 Å². The van der Waals surface area contributed by atoms with Gasteiger partial charge >= 0.3 is 0 Å². The van der Waals surface area contributed by atoms with E-state index in [4.69, 9.17) is 0 Å². The van der Waals surface area contributed by atoms with Crippen LogP contribution in [-0.4, -0.2) is 42.0 Å². The molecule has 0 N–H and O–H groups in total. The van der Waals surface area contributed by atoms with Crippen molar-refractivity contribution in [3.63, 3.8) is 0 Å². The quantitative estimate of drug-likeness (QED) is 0.836. The molecule has 3 aliphatic rings. The minimum absolute atomic E-state index is 0.302.